The molecule has 0 amide bonds. The van der Waals surface area contributed by atoms with Gasteiger partial charge in [0.2, 0.25) is 0 Å². The molecule has 0 bridgehead atoms. The van der Waals surface area contributed by atoms with Gasteiger partial charge in [-0.2, -0.15) is 0 Å². The molecule has 1 unspecified atom stereocenters. The van der Waals surface area contributed by atoms with Gasteiger partial charge in [0.25, 0.3) is 0 Å². The van der Waals surface area contributed by atoms with E-state index in [1.165, 1.54) is 6.07 Å². The van der Waals surface area contributed by atoms with E-state index in [1.54, 1.807) is 22.6 Å². The van der Waals surface area contributed by atoms with Gasteiger partial charge in [0.05, 0.1) is 8.49 Å². The van der Waals surface area contributed by atoms with Crippen molar-refractivity contribution in [2.45, 2.75) is 25.3 Å². The molecule has 1 atom stereocenters. The Kier molecular flexibility index (Phi) is 4.92. The van der Waals surface area contributed by atoms with Gasteiger partial charge in [0.1, 0.15) is 12.4 Å². The van der Waals surface area contributed by atoms with E-state index in [0.29, 0.717) is 6.61 Å². The van der Waals surface area contributed by atoms with E-state index in [1.807, 2.05) is 0 Å². The average Bonchev–Trinajstić information content (AvgIpc) is 2.40. The zero-order chi connectivity index (χ0) is 13.8. The number of nitro groups is 1. The Morgan fingerprint density at radius 2 is 2.32 bits per heavy atom. The molecule has 1 aliphatic heterocycles. The van der Waals surface area contributed by atoms with Crippen molar-refractivity contribution < 1.29 is 14.1 Å². The topological polar surface area (TPSA) is 64.4 Å². The number of ether oxygens (including phenoxy) is 1. The predicted octanol–water partition coefficient (Wildman–Crippen LogP) is 2.86. The van der Waals surface area contributed by atoms with Crippen molar-refractivity contribution in [1.29, 1.82) is 0 Å². The Morgan fingerprint density at radius 1 is 1.53 bits per heavy atom. The molecule has 1 heterocycles. The molecule has 0 aromatic heterocycles. The van der Waals surface area contributed by atoms with Crippen molar-refractivity contribution in [1.82, 2.24) is 5.32 Å². The van der Waals surface area contributed by atoms with Crippen LogP contribution < -0.4 is 10.1 Å². The van der Waals surface area contributed by atoms with Gasteiger partial charge in [-0.1, -0.05) is 6.42 Å². The lowest BCUT2D eigenvalue weighted by molar-refractivity contribution is -0.386. The zero-order valence-electron chi connectivity index (χ0n) is 10.2. The van der Waals surface area contributed by atoms with Gasteiger partial charge in [-0.05, 0) is 42.0 Å². The fraction of sp³-hybridized carbons (Fsp3) is 0.500. The highest BCUT2D eigenvalue weighted by Crippen LogP contribution is 2.31. The van der Waals surface area contributed by atoms with Crippen LogP contribution in [-0.4, -0.2) is 24.1 Å². The summed E-state index contributed by atoms with van der Waals surface area (Å²) in [6, 6.07) is 2.46. The molecule has 1 aromatic rings. The third-order valence-electron chi connectivity index (χ3n) is 3.05. The number of hydrogen-bond acceptors (Lipinski definition) is 4. The molecule has 1 aromatic carbocycles. The first kappa shape index (κ1) is 14.4. The lowest BCUT2D eigenvalue weighted by Crippen LogP contribution is -2.38. The SMILES string of the molecule is O=[N+]([O-])c1cc(I)c(F)cc1OCC1CCCCN1. The highest BCUT2D eigenvalue weighted by molar-refractivity contribution is 14.1. The minimum atomic E-state index is -0.550. The lowest BCUT2D eigenvalue weighted by Gasteiger charge is -2.23. The van der Waals surface area contributed by atoms with Crippen LogP contribution >= 0.6 is 22.6 Å². The van der Waals surface area contributed by atoms with E-state index >= 15 is 0 Å². The number of piperidine rings is 1. The smallest absolute Gasteiger partial charge is 0.312 e. The van der Waals surface area contributed by atoms with Crippen LogP contribution in [0.1, 0.15) is 19.3 Å². The number of hydrogen-bond donors (Lipinski definition) is 1. The predicted molar refractivity (Wildman–Crippen MR) is 76.9 cm³/mol. The maximum Gasteiger partial charge on any atom is 0.312 e. The van der Waals surface area contributed by atoms with Gasteiger partial charge in [-0.25, -0.2) is 4.39 Å². The summed E-state index contributed by atoms with van der Waals surface area (Å²) in [6.45, 7) is 1.25. The molecule has 2 rings (SSSR count). The standard InChI is InChI=1S/C12H14FIN2O3/c13-9-5-12(11(16(17)18)6-10(9)14)19-7-8-3-1-2-4-15-8/h5-6,8,15H,1-4,7H2. The van der Waals surface area contributed by atoms with Crippen LogP contribution in [-0.2, 0) is 0 Å². The molecule has 0 radical (unpaired) electrons. The number of benzene rings is 1. The minimum absolute atomic E-state index is 0.00436. The van der Waals surface area contributed by atoms with E-state index in [9.17, 15) is 14.5 Å². The molecule has 19 heavy (non-hydrogen) atoms. The summed E-state index contributed by atoms with van der Waals surface area (Å²) in [4.78, 5) is 10.4. The van der Waals surface area contributed by atoms with E-state index in [4.69, 9.17) is 4.74 Å². The Balaban J connectivity index is 2.09. The molecule has 1 N–H and O–H groups in total. The zero-order valence-corrected chi connectivity index (χ0v) is 12.4. The normalized spacial score (nSPS) is 19.2. The van der Waals surface area contributed by atoms with Gasteiger partial charge in [-0.15, -0.1) is 0 Å². The third kappa shape index (κ3) is 3.75. The largest absolute Gasteiger partial charge is 0.485 e. The van der Waals surface area contributed by atoms with E-state index in [0.717, 1.165) is 31.9 Å². The molecule has 104 valence electrons. The van der Waals surface area contributed by atoms with Crippen LogP contribution in [0.5, 0.6) is 5.75 Å². The van der Waals surface area contributed by atoms with Crippen molar-refractivity contribution >= 4 is 28.3 Å². The molecule has 0 aliphatic carbocycles. The van der Waals surface area contributed by atoms with Gasteiger partial charge >= 0.3 is 5.69 Å². The first-order valence-electron chi connectivity index (χ1n) is 6.07. The lowest BCUT2D eigenvalue weighted by atomic mass is 10.1. The Morgan fingerprint density at radius 3 is 2.95 bits per heavy atom. The maximum atomic E-state index is 13.5. The summed E-state index contributed by atoms with van der Waals surface area (Å²) < 4.78 is 19.1. The second kappa shape index (κ2) is 6.47. The summed E-state index contributed by atoms with van der Waals surface area (Å²) in [7, 11) is 0. The van der Waals surface area contributed by atoms with Crippen molar-refractivity contribution in [3.05, 3.63) is 31.6 Å². The average molecular weight is 380 g/mol. The van der Waals surface area contributed by atoms with Crippen LogP contribution in [0, 0.1) is 19.5 Å². The first-order valence-corrected chi connectivity index (χ1v) is 7.15. The Hall–Kier alpha value is -0.960. The summed E-state index contributed by atoms with van der Waals surface area (Å²) in [5.74, 6) is -0.506. The highest BCUT2D eigenvalue weighted by atomic mass is 127. The Labute approximate surface area is 123 Å². The second-order valence-corrected chi connectivity index (χ2v) is 5.61. The molecule has 7 heteroatoms. The fourth-order valence-electron chi connectivity index (χ4n) is 2.03. The van der Waals surface area contributed by atoms with Crippen molar-refractivity contribution in [3.8, 4) is 5.75 Å². The molecule has 5 nitrogen and oxygen atoms in total. The highest BCUT2D eigenvalue weighted by Gasteiger charge is 2.21. The molecular formula is C12H14FIN2O3. The second-order valence-electron chi connectivity index (χ2n) is 4.45. The monoisotopic (exact) mass is 380 g/mol. The summed E-state index contributed by atoms with van der Waals surface area (Å²) >= 11 is 1.72. The molecule has 1 fully saturated rings. The summed E-state index contributed by atoms with van der Waals surface area (Å²) in [5, 5.41) is 14.2. The van der Waals surface area contributed by atoms with Gasteiger partial charge < -0.3 is 10.1 Å². The van der Waals surface area contributed by atoms with Gasteiger partial charge in [-0.3, -0.25) is 10.1 Å². The number of nitrogens with zero attached hydrogens (tertiary/aromatic N) is 1. The van der Waals surface area contributed by atoms with Crippen LogP contribution in [0.25, 0.3) is 0 Å². The number of rotatable bonds is 4. The van der Waals surface area contributed by atoms with Crippen LogP contribution in [0.4, 0.5) is 10.1 Å². The van der Waals surface area contributed by atoms with Crippen LogP contribution in [0.2, 0.25) is 0 Å². The molecule has 1 aliphatic rings. The quantitative estimate of drug-likeness (QED) is 0.496. The number of nitrogens with one attached hydrogen (secondary N) is 1. The maximum absolute atomic E-state index is 13.5. The number of halogens is 2. The van der Waals surface area contributed by atoms with Crippen LogP contribution in [0.3, 0.4) is 0 Å². The molecule has 0 saturated carbocycles. The summed E-state index contributed by atoms with van der Waals surface area (Å²) in [5.41, 5.74) is -0.193. The van der Waals surface area contributed by atoms with E-state index in [2.05, 4.69) is 5.32 Å². The van der Waals surface area contributed by atoms with Gasteiger partial charge in [0.15, 0.2) is 5.75 Å². The molecule has 0 spiro atoms. The first-order chi connectivity index (χ1) is 9.08. The van der Waals surface area contributed by atoms with E-state index < -0.39 is 10.7 Å². The van der Waals surface area contributed by atoms with Crippen molar-refractivity contribution in [2.24, 2.45) is 0 Å². The van der Waals surface area contributed by atoms with E-state index in [-0.39, 0.29) is 21.0 Å². The molecule has 1 saturated heterocycles. The van der Waals surface area contributed by atoms with Crippen molar-refractivity contribution in [2.75, 3.05) is 13.2 Å². The third-order valence-corrected chi connectivity index (χ3v) is 3.88. The minimum Gasteiger partial charge on any atom is -0.485 e. The number of nitro benzene ring substituents is 1. The van der Waals surface area contributed by atoms with Gasteiger partial charge in [0, 0.05) is 18.2 Å². The molecular weight excluding hydrogens is 366 g/mol. The van der Waals surface area contributed by atoms with Crippen LogP contribution in [0.15, 0.2) is 12.1 Å². The fourth-order valence-corrected chi connectivity index (χ4v) is 2.48. The summed E-state index contributed by atoms with van der Waals surface area (Å²) in [6.07, 6.45) is 3.22. The Bertz CT molecular complexity index is 478. The van der Waals surface area contributed by atoms with Crippen molar-refractivity contribution in [3.63, 3.8) is 0 Å².